The van der Waals surface area contributed by atoms with Crippen LogP contribution in [0, 0.1) is 6.42 Å². The van der Waals surface area contributed by atoms with Crippen LogP contribution < -0.4 is 37.2 Å². The molecular weight excluding hydrogens is 254 g/mol. The van der Waals surface area contributed by atoms with Gasteiger partial charge in [-0.15, -0.1) is 0 Å². The normalized spacial score (nSPS) is 12.5. The third kappa shape index (κ3) is 22.6. The summed E-state index contributed by atoms with van der Waals surface area (Å²) in [6.07, 6.45) is 9.50. The number of aliphatic hydroxyl groups is 1. The summed E-state index contributed by atoms with van der Waals surface area (Å²) in [6, 6.07) is 0. The molecule has 0 aromatic carbocycles. The second kappa shape index (κ2) is 29.4. The van der Waals surface area contributed by atoms with Crippen molar-refractivity contribution in [1.29, 1.82) is 0 Å². The predicted octanol–water partition coefficient (Wildman–Crippen LogP) is -7.23. The van der Waals surface area contributed by atoms with Crippen molar-refractivity contribution in [1.82, 2.24) is 0 Å². The van der Waals surface area contributed by atoms with Crippen LogP contribution in [-0.2, 0) is 21.7 Å². The molecule has 0 heterocycles. The van der Waals surface area contributed by atoms with Crippen LogP contribution in [0.25, 0.3) is 0 Å². The van der Waals surface area contributed by atoms with Crippen LogP contribution in [0.3, 0.4) is 0 Å². The second-order valence-corrected chi connectivity index (χ2v) is 1.93. The summed E-state index contributed by atoms with van der Waals surface area (Å²) in [4.78, 5) is 0. The molecule has 0 atom stereocenters. The average Bonchev–Trinajstić information content (AvgIpc) is 1.96. The predicted molar refractivity (Wildman–Crippen MR) is 35.5 cm³/mol. The topological polar surface area (TPSA) is 20.2 Å². The molecule has 1 aliphatic carbocycles. The van der Waals surface area contributed by atoms with Crippen LogP contribution in [0.1, 0.15) is 32.1 Å². The molecule has 0 amide bonds. The Hall–Kier alpha value is 1.54. The maximum absolute atomic E-state index is 7.00. The van der Waals surface area contributed by atoms with E-state index < -0.39 is 0 Å². The van der Waals surface area contributed by atoms with Gasteiger partial charge in [-0.1, -0.05) is 19.3 Å². The minimum Gasteiger partial charge on any atom is -1.00 e. The standard InChI is InChI=1S/C6H11.CH4O.3ClH.Ti/c1-2-4-6-5-3-1;1-2;;;;/h1H,2-6H2;2H,1H3;3*1H;/q-1;;;;;/p-3. The fourth-order valence-electron chi connectivity index (χ4n) is 0.898. The first-order valence-electron chi connectivity index (χ1n) is 3.26. The van der Waals surface area contributed by atoms with E-state index in [1.807, 2.05) is 0 Å². The molecule has 1 fully saturated rings. The van der Waals surface area contributed by atoms with Crippen molar-refractivity contribution in [3.05, 3.63) is 6.42 Å². The van der Waals surface area contributed by atoms with E-state index in [9.17, 15) is 0 Å². The molecule has 5 heteroatoms. The minimum absolute atomic E-state index is 0. The van der Waals surface area contributed by atoms with Crippen LogP contribution in [0.5, 0.6) is 0 Å². The average molecular weight is 269 g/mol. The van der Waals surface area contributed by atoms with Crippen LogP contribution in [0.15, 0.2) is 0 Å². The molecule has 1 nitrogen and oxygen atoms in total. The fraction of sp³-hybridized carbons (Fsp3) is 0.857. The Labute approximate surface area is 109 Å². The van der Waals surface area contributed by atoms with Gasteiger partial charge in [-0.25, -0.2) is 0 Å². The zero-order valence-corrected chi connectivity index (χ0v) is 11.0. The van der Waals surface area contributed by atoms with Crippen molar-refractivity contribution in [2.24, 2.45) is 0 Å². The van der Waals surface area contributed by atoms with E-state index in [1.165, 1.54) is 32.1 Å². The van der Waals surface area contributed by atoms with E-state index in [4.69, 9.17) is 5.11 Å². The molecule has 0 unspecified atom stereocenters. The Bertz CT molecular complexity index is 34.1. The van der Waals surface area contributed by atoms with Crippen molar-refractivity contribution >= 4 is 0 Å². The summed E-state index contributed by atoms with van der Waals surface area (Å²) >= 11 is 0. The maximum atomic E-state index is 7.00. The summed E-state index contributed by atoms with van der Waals surface area (Å²) in [5.74, 6) is 0. The number of hydrogen-bond donors (Lipinski definition) is 1. The minimum atomic E-state index is 0. The van der Waals surface area contributed by atoms with Gasteiger partial charge in [0, 0.05) is 28.8 Å². The molecule has 1 saturated carbocycles. The van der Waals surface area contributed by atoms with Crippen LogP contribution >= 0.6 is 0 Å². The Kier molecular flexibility index (Phi) is 71.5. The summed E-state index contributed by atoms with van der Waals surface area (Å²) in [5, 5.41) is 7.00. The van der Waals surface area contributed by atoms with Gasteiger partial charge in [-0.05, 0) is 0 Å². The largest absolute Gasteiger partial charge is 1.00 e. The van der Waals surface area contributed by atoms with Gasteiger partial charge in [-0.2, -0.15) is 12.8 Å². The molecule has 0 aliphatic heterocycles. The van der Waals surface area contributed by atoms with E-state index in [0.29, 0.717) is 0 Å². The van der Waals surface area contributed by atoms with Gasteiger partial charge in [0.25, 0.3) is 0 Å². The van der Waals surface area contributed by atoms with E-state index in [2.05, 4.69) is 6.42 Å². The van der Waals surface area contributed by atoms with Gasteiger partial charge < -0.3 is 48.7 Å². The van der Waals surface area contributed by atoms with E-state index in [0.717, 1.165) is 7.11 Å². The molecule has 1 N–H and O–H groups in total. The summed E-state index contributed by atoms with van der Waals surface area (Å²) in [7, 11) is 1.00. The molecule has 0 bridgehead atoms. The molecule has 1 rings (SSSR count). The summed E-state index contributed by atoms with van der Waals surface area (Å²) in [5.41, 5.74) is 0. The smallest absolute Gasteiger partial charge is 0.0319 e. The first-order chi connectivity index (χ1) is 4.00. The molecule has 1 aliphatic rings. The van der Waals surface area contributed by atoms with Crippen molar-refractivity contribution in [2.45, 2.75) is 32.1 Å². The van der Waals surface area contributed by atoms with E-state index in [-0.39, 0.29) is 58.9 Å². The molecule has 0 spiro atoms. The van der Waals surface area contributed by atoms with Crippen LogP contribution in [-0.4, -0.2) is 12.2 Å². The quantitative estimate of drug-likeness (QED) is 0.342. The molecule has 0 aromatic heterocycles. The van der Waals surface area contributed by atoms with Crippen molar-refractivity contribution in [3.63, 3.8) is 0 Å². The maximum Gasteiger partial charge on any atom is 0.0319 e. The summed E-state index contributed by atoms with van der Waals surface area (Å²) < 4.78 is 0. The number of halogens is 3. The van der Waals surface area contributed by atoms with E-state index >= 15 is 0 Å². The number of rotatable bonds is 0. The summed E-state index contributed by atoms with van der Waals surface area (Å²) in [6.45, 7) is 0. The van der Waals surface area contributed by atoms with Gasteiger partial charge in [0.05, 0.1) is 0 Å². The Morgan fingerprint density at radius 1 is 0.833 bits per heavy atom. The number of aliphatic hydroxyl groups excluding tert-OH is 1. The van der Waals surface area contributed by atoms with Gasteiger partial charge in [0.2, 0.25) is 0 Å². The molecule has 0 saturated heterocycles. The second-order valence-electron chi connectivity index (χ2n) is 1.93. The number of hydrogen-bond acceptors (Lipinski definition) is 1. The fourth-order valence-corrected chi connectivity index (χ4v) is 0.898. The molecule has 12 heavy (non-hydrogen) atoms. The van der Waals surface area contributed by atoms with Crippen LogP contribution in [0.4, 0.5) is 0 Å². The van der Waals surface area contributed by atoms with Crippen molar-refractivity contribution in [3.8, 4) is 0 Å². The third-order valence-corrected chi connectivity index (χ3v) is 1.32. The van der Waals surface area contributed by atoms with Gasteiger partial charge in [-0.3, -0.25) is 0 Å². The van der Waals surface area contributed by atoms with Crippen molar-refractivity contribution in [2.75, 3.05) is 7.11 Å². The molecule has 0 aromatic rings. The Morgan fingerprint density at radius 3 is 1.25 bits per heavy atom. The first kappa shape index (κ1) is 29.2. The Morgan fingerprint density at radius 2 is 1.17 bits per heavy atom. The Balaban J connectivity index is -0.0000000257. The zero-order chi connectivity index (χ0) is 6.24. The van der Waals surface area contributed by atoms with E-state index in [1.54, 1.807) is 0 Å². The SMILES string of the molecule is CO.[CH-]1CCCCC1.[Cl-].[Cl-].[Cl-].[Ti]. The molecule has 0 radical (unpaired) electrons. The molecular formula is C7H15Cl3OTi-4. The monoisotopic (exact) mass is 268 g/mol. The van der Waals surface area contributed by atoms with Crippen molar-refractivity contribution < 1.29 is 64.0 Å². The van der Waals surface area contributed by atoms with Gasteiger partial charge in [0.1, 0.15) is 0 Å². The van der Waals surface area contributed by atoms with Gasteiger partial charge >= 0.3 is 0 Å². The first-order valence-corrected chi connectivity index (χ1v) is 3.26. The molecule has 78 valence electrons. The zero-order valence-electron chi connectivity index (χ0n) is 7.19. The van der Waals surface area contributed by atoms with Crippen LogP contribution in [0.2, 0.25) is 0 Å². The third-order valence-electron chi connectivity index (χ3n) is 1.32. The van der Waals surface area contributed by atoms with Gasteiger partial charge in [0.15, 0.2) is 0 Å².